The zero-order valence-electron chi connectivity index (χ0n) is 10.9. The van der Waals surface area contributed by atoms with Crippen molar-refractivity contribution in [2.75, 3.05) is 5.32 Å². The summed E-state index contributed by atoms with van der Waals surface area (Å²) in [6.45, 7) is 1.86. The van der Waals surface area contributed by atoms with Gasteiger partial charge in [0, 0.05) is 11.8 Å². The summed E-state index contributed by atoms with van der Waals surface area (Å²) >= 11 is 11.8. The Morgan fingerprint density at radius 2 is 1.75 bits per heavy atom. The molecule has 20 heavy (non-hydrogen) atoms. The van der Waals surface area contributed by atoms with Gasteiger partial charge in [-0.05, 0) is 36.3 Å². The van der Waals surface area contributed by atoms with Gasteiger partial charge in [0.1, 0.15) is 0 Å². The summed E-state index contributed by atoms with van der Waals surface area (Å²) in [5.41, 5.74) is 2.48. The van der Waals surface area contributed by atoms with Crippen LogP contribution in [0.15, 0.2) is 48.5 Å². The average Bonchev–Trinajstić information content (AvgIpc) is 2.44. The number of hydrogen-bond donors (Lipinski definition) is 1. The molecule has 0 bridgehead atoms. The van der Waals surface area contributed by atoms with Gasteiger partial charge in [-0.15, -0.1) is 0 Å². The molecule has 4 heteroatoms. The number of rotatable bonds is 3. The smallest absolute Gasteiger partial charge is 0.248 e. The summed E-state index contributed by atoms with van der Waals surface area (Å²) in [7, 11) is 0. The third-order valence-electron chi connectivity index (χ3n) is 2.75. The maximum atomic E-state index is 11.9. The SMILES string of the molecule is Cc1cc(Cl)c(Cl)cc1NC(=O)/C=C/c1ccccc1. The highest BCUT2D eigenvalue weighted by atomic mass is 35.5. The predicted molar refractivity (Wildman–Crippen MR) is 85.3 cm³/mol. The molecule has 0 atom stereocenters. The van der Waals surface area contributed by atoms with E-state index in [1.807, 2.05) is 37.3 Å². The lowest BCUT2D eigenvalue weighted by atomic mass is 10.2. The second-order valence-corrected chi connectivity index (χ2v) is 5.13. The van der Waals surface area contributed by atoms with Gasteiger partial charge in [0.2, 0.25) is 5.91 Å². The first-order valence-electron chi connectivity index (χ1n) is 6.06. The molecule has 0 aliphatic heterocycles. The van der Waals surface area contributed by atoms with Gasteiger partial charge in [-0.25, -0.2) is 0 Å². The Morgan fingerprint density at radius 1 is 1.10 bits per heavy atom. The predicted octanol–water partition coefficient (Wildman–Crippen LogP) is 4.95. The Morgan fingerprint density at radius 3 is 2.45 bits per heavy atom. The lowest BCUT2D eigenvalue weighted by molar-refractivity contribution is -0.111. The third-order valence-corrected chi connectivity index (χ3v) is 3.47. The van der Waals surface area contributed by atoms with Crippen molar-refractivity contribution in [3.05, 3.63) is 69.7 Å². The number of nitrogens with one attached hydrogen (secondary N) is 1. The van der Waals surface area contributed by atoms with Crippen LogP contribution in [0.5, 0.6) is 0 Å². The van der Waals surface area contributed by atoms with Gasteiger partial charge in [-0.1, -0.05) is 53.5 Å². The Balaban J connectivity index is 2.09. The number of carbonyl (C=O) groups is 1. The zero-order valence-corrected chi connectivity index (χ0v) is 12.4. The van der Waals surface area contributed by atoms with E-state index in [4.69, 9.17) is 23.2 Å². The summed E-state index contributed by atoms with van der Waals surface area (Å²) in [4.78, 5) is 11.9. The van der Waals surface area contributed by atoms with Crippen molar-refractivity contribution in [3.63, 3.8) is 0 Å². The minimum atomic E-state index is -0.213. The number of anilines is 1. The number of carbonyl (C=O) groups excluding carboxylic acids is 1. The first-order valence-corrected chi connectivity index (χ1v) is 6.81. The topological polar surface area (TPSA) is 29.1 Å². The van der Waals surface area contributed by atoms with E-state index in [9.17, 15) is 4.79 Å². The summed E-state index contributed by atoms with van der Waals surface area (Å²) in [6.07, 6.45) is 3.24. The van der Waals surface area contributed by atoms with Crippen LogP contribution in [0.4, 0.5) is 5.69 Å². The van der Waals surface area contributed by atoms with E-state index in [-0.39, 0.29) is 5.91 Å². The molecule has 2 rings (SSSR count). The quantitative estimate of drug-likeness (QED) is 0.798. The van der Waals surface area contributed by atoms with E-state index in [0.29, 0.717) is 15.7 Å². The minimum Gasteiger partial charge on any atom is -0.322 e. The number of halogens is 2. The van der Waals surface area contributed by atoms with Crippen molar-refractivity contribution in [1.82, 2.24) is 0 Å². The van der Waals surface area contributed by atoms with Crippen LogP contribution in [0.3, 0.4) is 0 Å². The van der Waals surface area contributed by atoms with Crippen molar-refractivity contribution in [1.29, 1.82) is 0 Å². The fourth-order valence-corrected chi connectivity index (χ4v) is 2.07. The Bertz CT molecular complexity index is 651. The summed E-state index contributed by atoms with van der Waals surface area (Å²) < 4.78 is 0. The molecule has 0 saturated heterocycles. The molecular formula is C16H13Cl2NO. The first-order chi connectivity index (χ1) is 9.56. The highest BCUT2D eigenvalue weighted by Gasteiger charge is 2.06. The van der Waals surface area contributed by atoms with Gasteiger partial charge < -0.3 is 5.32 Å². The number of aryl methyl sites for hydroxylation is 1. The van der Waals surface area contributed by atoms with Gasteiger partial charge in [0.05, 0.1) is 10.0 Å². The number of benzene rings is 2. The molecule has 0 aliphatic rings. The van der Waals surface area contributed by atoms with E-state index >= 15 is 0 Å². The van der Waals surface area contributed by atoms with Crippen molar-refractivity contribution in [2.24, 2.45) is 0 Å². The van der Waals surface area contributed by atoms with Crippen molar-refractivity contribution >= 4 is 40.9 Å². The second-order valence-electron chi connectivity index (χ2n) is 4.31. The summed E-state index contributed by atoms with van der Waals surface area (Å²) in [5, 5.41) is 3.67. The number of hydrogen-bond acceptors (Lipinski definition) is 1. The van der Waals surface area contributed by atoms with E-state index in [2.05, 4.69) is 5.32 Å². The molecule has 0 unspecified atom stereocenters. The van der Waals surface area contributed by atoms with Crippen LogP contribution in [-0.4, -0.2) is 5.91 Å². The fraction of sp³-hybridized carbons (Fsp3) is 0.0625. The van der Waals surface area contributed by atoms with Crippen LogP contribution < -0.4 is 5.32 Å². The van der Waals surface area contributed by atoms with E-state index in [1.54, 1.807) is 18.2 Å². The van der Waals surface area contributed by atoms with Gasteiger partial charge in [-0.2, -0.15) is 0 Å². The van der Waals surface area contributed by atoms with Crippen molar-refractivity contribution in [2.45, 2.75) is 6.92 Å². The molecule has 1 N–H and O–H groups in total. The molecule has 2 nitrogen and oxygen atoms in total. The standard InChI is InChI=1S/C16H13Cl2NO/c1-11-9-13(17)14(18)10-15(11)19-16(20)8-7-12-5-3-2-4-6-12/h2-10H,1H3,(H,19,20)/b8-7+. The van der Waals surface area contributed by atoms with Crippen LogP contribution in [0, 0.1) is 6.92 Å². The molecule has 2 aromatic rings. The van der Waals surface area contributed by atoms with E-state index in [1.165, 1.54) is 6.08 Å². The maximum absolute atomic E-state index is 11.9. The average molecular weight is 306 g/mol. The van der Waals surface area contributed by atoms with Crippen LogP contribution >= 0.6 is 23.2 Å². The second kappa shape index (κ2) is 6.60. The van der Waals surface area contributed by atoms with Gasteiger partial charge in [0.15, 0.2) is 0 Å². The maximum Gasteiger partial charge on any atom is 0.248 e. The normalized spacial score (nSPS) is 10.8. The van der Waals surface area contributed by atoms with Crippen LogP contribution in [-0.2, 0) is 4.79 Å². The van der Waals surface area contributed by atoms with Gasteiger partial charge in [0.25, 0.3) is 0 Å². The Hall–Kier alpha value is -1.77. The molecule has 102 valence electrons. The molecule has 0 spiro atoms. The molecule has 0 heterocycles. The van der Waals surface area contributed by atoms with E-state index < -0.39 is 0 Å². The summed E-state index contributed by atoms with van der Waals surface area (Å²) in [6, 6.07) is 13.0. The minimum absolute atomic E-state index is 0.213. The molecule has 0 saturated carbocycles. The van der Waals surface area contributed by atoms with Gasteiger partial charge >= 0.3 is 0 Å². The van der Waals surface area contributed by atoms with Crippen LogP contribution in [0.1, 0.15) is 11.1 Å². The Labute approximate surface area is 128 Å². The highest BCUT2D eigenvalue weighted by Crippen LogP contribution is 2.28. The molecule has 0 fully saturated rings. The molecular weight excluding hydrogens is 293 g/mol. The lowest BCUT2D eigenvalue weighted by Crippen LogP contribution is -2.09. The number of amides is 1. The van der Waals surface area contributed by atoms with Crippen molar-refractivity contribution < 1.29 is 4.79 Å². The molecule has 0 aliphatic carbocycles. The zero-order chi connectivity index (χ0) is 14.5. The molecule has 0 radical (unpaired) electrons. The third kappa shape index (κ3) is 3.86. The molecule has 1 amide bonds. The monoisotopic (exact) mass is 305 g/mol. The largest absolute Gasteiger partial charge is 0.322 e. The van der Waals surface area contributed by atoms with Gasteiger partial charge in [-0.3, -0.25) is 4.79 Å². The van der Waals surface area contributed by atoms with Crippen LogP contribution in [0.25, 0.3) is 6.08 Å². The highest BCUT2D eigenvalue weighted by molar-refractivity contribution is 6.42. The summed E-state index contributed by atoms with van der Waals surface area (Å²) in [5.74, 6) is -0.213. The molecule has 2 aromatic carbocycles. The lowest BCUT2D eigenvalue weighted by Gasteiger charge is -2.08. The fourth-order valence-electron chi connectivity index (χ4n) is 1.69. The first kappa shape index (κ1) is 14.6. The Kier molecular flexibility index (Phi) is 4.83. The van der Waals surface area contributed by atoms with E-state index in [0.717, 1.165) is 11.1 Å². The van der Waals surface area contributed by atoms with Crippen LogP contribution in [0.2, 0.25) is 10.0 Å². The molecule has 0 aromatic heterocycles. The van der Waals surface area contributed by atoms with Crippen molar-refractivity contribution in [3.8, 4) is 0 Å².